The van der Waals surface area contributed by atoms with Crippen LogP contribution in [0.2, 0.25) is 30.1 Å². The average Bonchev–Trinajstić information content (AvgIpc) is 1.67. The SMILES string of the molecule is CN=C1CC(c2cccc(NC(=O)Nc3ccc(Cl)c(C)c3)c2)=CN1.Cc1cc(Cl)cc(NC(=O)Nc2cccc(C3=CNC(=NC(C)C)C3)c2)c1.Cc1cc(NC(=O)Nc2cccc(C3=CNC(=NC(C)C)C3)c2)ccc1Cl.Cc1ccc(NC(=O)Nc2cccc(C3=CNC(=NC(C)C)C3)c2)cc1Cl.O=C(Nc1cccc(C2=CN=C(NC(=O)c3ccccc3)C2)c1)Nc1ccc(Cl)c(Cl)c1. The molecule has 5 aliphatic rings. The van der Waals surface area contributed by atoms with Gasteiger partial charge in [0.15, 0.2) is 0 Å². The van der Waals surface area contributed by atoms with Crippen molar-refractivity contribution < 1.29 is 28.8 Å². The molecule has 15 N–H and O–H groups in total. The van der Waals surface area contributed by atoms with Crippen LogP contribution in [0.1, 0.15) is 134 Å². The molecule has 16 rings (SSSR count). The summed E-state index contributed by atoms with van der Waals surface area (Å²) in [6, 6.07) is 73.0. The maximum Gasteiger partial charge on any atom is 0.323 e. The fourth-order valence-electron chi connectivity index (χ4n) is 14.3. The number of anilines is 10. The molecule has 0 saturated heterocycles. The van der Waals surface area contributed by atoms with Gasteiger partial charge in [0.25, 0.3) is 5.91 Å². The smallest absolute Gasteiger partial charge is 0.323 e. The molecule has 0 spiro atoms. The first-order valence-corrected chi connectivity index (χ1v) is 46.5. The summed E-state index contributed by atoms with van der Waals surface area (Å²) in [5, 5.41) is 47.1. The van der Waals surface area contributed by atoms with Crippen LogP contribution in [0.4, 0.5) is 80.8 Å². The lowest BCUT2D eigenvalue weighted by Crippen LogP contribution is -2.29. The fourth-order valence-corrected chi connectivity index (χ4v) is 15.3. The molecule has 0 radical (unpaired) electrons. The zero-order valence-corrected chi connectivity index (χ0v) is 82.2. The lowest BCUT2D eigenvalue weighted by molar-refractivity contribution is 0.0976. The van der Waals surface area contributed by atoms with Crippen LogP contribution < -0.4 is 79.8 Å². The Balaban J connectivity index is 0.000000155. The third-order valence-electron chi connectivity index (χ3n) is 20.8. The second-order valence-corrected chi connectivity index (χ2v) is 35.7. The number of carbonyl (C=O) groups excluding carboxylic acids is 6. The van der Waals surface area contributed by atoms with Crippen LogP contribution in [0.25, 0.3) is 27.9 Å². The maximum absolute atomic E-state index is 12.3. The molecule has 0 aliphatic carbocycles. The molecule has 0 unspecified atom stereocenters. The standard InChI is InChI=1S/C24H18Cl2N4O2.3C21H23ClN4O.C19H19ClN4O/c25-20-10-9-19(13-21(20)26)29-24(32)28-18-8-4-7-16(11-18)17-12-22(27-14-17)30-23(31)15-5-2-1-3-6-15;1-13(2)24-20-10-16(12-23-20)15-5-4-6-18(9-15)25-21(27)26-19-8-14(3)7-17(22)11-19;1-13(2)24-20-11-16(12-23-20)15-5-4-6-17(10-15)25-21(27)26-18-7-8-19(22)14(3)9-18;1-13(2)24-20-10-16(12-23-20)15-5-4-6-17(9-15)25-21(27)26-18-8-7-14(3)19(22)11-18;1-12-8-16(6-7-17(12)20)24-19(25)23-15-5-3-4-13(9-15)14-10-18(21-2)22-11-14/h1-11,13-14H,12H2,(H,27,30,31)(H2,28,29,32);4-9,11-13H,10H2,1-3H3,(H,23,24)(H2,25,26,27);4-10,12-13H,11H2,1-3H3,(H,23,24)(H2,25,26,27);4-9,11-13H,10H2,1-3H3,(H,23,24)(H2,25,26,27);3-9,11H,10H2,1-2H3,(H,21,22)(H2,23,24,25). The van der Waals surface area contributed by atoms with Crippen LogP contribution >= 0.6 is 69.6 Å². The van der Waals surface area contributed by atoms with Crippen molar-refractivity contribution in [3.8, 4) is 0 Å². The molecule has 32 heteroatoms. The third kappa shape index (κ3) is 31.9. The van der Waals surface area contributed by atoms with E-state index in [-0.39, 0.29) is 48.2 Å². The molecule has 0 fully saturated rings. The summed E-state index contributed by atoms with van der Waals surface area (Å²) in [6.45, 7) is 20.0. The van der Waals surface area contributed by atoms with Crippen molar-refractivity contribution in [3.63, 3.8) is 0 Å². The normalized spacial score (nSPS) is 14.3. The summed E-state index contributed by atoms with van der Waals surface area (Å²) in [5.41, 5.74) is 21.7. The van der Waals surface area contributed by atoms with Crippen molar-refractivity contribution in [3.05, 3.63) is 359 Å². The molecule has 708 valence electrons. The summed E-state index contributed by atoms with van der Waals surface area (Å²) < 4.78 is 0. The predicted molar refractivity (Wildman–Crippen MR) is 575 cm³/mol. The number of hydrogen-bond acceptors (Lipinski definition) is 11. The van der Waals surface area contributed by atoms with Gasteiger partial charge in [-0.25, -0.2) is 29.0 Å². The summed E-state index contributed by atoms with van der Waals surface area (Å²) in [6.07, 6.45) is 13.1. The number of carbonyl (C=O) groups is 6. The summed E-state index contributed by atoms with van der Waals surface area (Å²) in [7, 11) is 1.76. The number of urea groups is 5. The fraction of sp³-hybridized carbons (Fsp3) is 0.179. The van der Waals surface area contributed by atoms with Crippen LogP contribution in [0, 0.1) is 27.7 Å². The van der Waals surface area contributed by atoms with Gasteiger partial charge in [0.1, 0.15) is 29.2 Å². The van der Waals surface area contributed by atoms with E-state index in [1.807, 2.05) is 222 Å². The Kier molecular flexibility index (Phi) is 36.8. The van der Waals surface area contributed by atoms with Crippen LogP contribution in [0.15, 0.2) is 299 Å². The van der Waals surface area contributed by atoms with Gasteiger partial charge in [0.05, 0.1) is 10.0 Å². The summed E-state index contributed by atoms with van der Waals surface area (Å²) in [5.74, 6) is 4.20. The number of nitrogens with one attached hydrogen (secondary N) is 15. The highest BCUT2D eigenvalue weighted by atomic mass is 35.5. The number of aliphatic imine (C=N–C) groups is 5. The Morgan fingerprint density at radius 3 is 0.964 bits per heavy atom. The molecule has 0 atom stereocenters. The lowest BCUT2D eigenvalue weighted by Gasteiger charge is -2.10. The van der Waals surface area contributed by atoms with Gasteiger partial charge in [0.2, 0.25) is 0 Å². The highest BCUT2D eigenvalue weighted by Gasteiger charge is 2.22. The Morgan fingerprint density at radius 2 is 0.623 bits per heavy atom. The monoisotopic (exact) mass is 1960 g/mol. The molecule has 11 aromatic carbocycles. The van der Waals surface area contributed by atoms with Crippen molar-refractivity contribution in [1.82, 2.24) is 26.6 Å². The minimum Gasteiger partial charge on any atom is -0.350 e. The van der Waals surface area contributed by atoms with Crippen molar-refractivity contribution in [2.24, 2.45) is 25.0 Å². The maximum atomic E-state index is 12.3. The zero-order chi connectivity index (χ0) is 98.5. The number of nitrogens with zero attached hydrogens (tertiary/aromatic N) is 5. The lowest BCUT2D eigenvalue weighted by atomic mass is 10.0. The minimum absolute atomic E-state index is 0.201. The molecule has 11 amide bonds. The molecular weight excluding hydrogens is 1860 g/mol. The van der Waals surface area contributed by atoms with Gasteiger partial charge in [-0.1, -0.05) is 155 Å². The first-order chi connectivity index (χ1) is 66.2. The quantitative estimate of drug-likeness (QED) is 0.0363. The summed E-state index contributed by atoms with van der Waals surface area (Å²) >= 11 is 36.0. The second-order valence-electron chi connectivity index (χ2n) is 33.2. The Labute approximate surface area is 833 Å². The molecule has 0 saturated carbocycles. The Bertz CT molecular complexity index is 6530. The van der Waals surface area contributed by atoms with E-state index in [1.165, 1.54) is 0 Å². The average molecular weight is 1970 g/mol. The summed E-state index contributed by atoms with van der Waals surface area (Å²) in [4.78, 5) is 95.8. The van der Waals surface area contributed by atoms with Crippen molar-refractivity contribution in [2.75, 3.05) is 60.2 Å². The van der Waals surface area contributed by atoms with E-state index in [2.05, 4.69) is 146 Å². The van der Waals surface area contributed by atoms with E-state index in [4.69, 9.17) is 69.6 Å². The first-order valence-electron chi connectivity index (χ1n) is 44.3. The van der Waals surface area contributed by atoms with Crippen molar-refractivity contribution in [2.45, 2.75) is 119 Å². The van der Waals surface area contributed by atoms with Gasteiger partial charge in [-0.3, -0.25) is 24.8 Å². The Hall–Kier alpha value is -14.8. The van der Waals surface area contributed by atoms with E-state index in [0.29, 0.717) is 82.1 Å². The van der Waals surface area contributed by atoms with Gasteiger partial charge in [0, 0.05) is 171 Å². The van der Waals surface area contributed by atoms with E-state index in [0.717, 1.165) is 150 Å². The van der Waals surface area contributed by atoms with Crippen LogP contribution in [0.3, 0.4) is 0 Å². The molecule has 0 bridgehead atoms. The largest absolute Gasteiger partial charge is 0.350 e. The van der Waals surface area contributed by atoms with Gasteiger partial charge >= 0.3 is 30.2 Å². The number of amides is 11. The zero-order valence-electron chi connectivity index (χ0n) is 77.7. The topological polar surface area (TPSA) is 345 Å². The van der Waals surface area contributed by atoms with Gasteiger partial charge in [-0.2, -0.15) is 0 Å². The van der Waals surface area contributed by atoms with E-state index < -0.39 is 6.03 Å². The number of amidine groups is 5. The first kappa shape index (κ1) is 102. The predicted octanol–water partition coefficient (Wildman–Crippen LogP) is 27.2. The third-order valence-corrected chi connectivity index (χ3v) is 23.0. The van der Waals surface area contributed by atoms with Crippen molar-refractivity contribution in [1.29, 1.82) is 0 Å². The number of halogens is 6. The van der Waals surface area contributed by atoms with Gasteiger partial charge in [-0.15, -0.1) is 0 Å². The molecule has 5 aliphatic heterocycles. The highest BCUT2D eigenvalue weighted by molar-refractivity contribution is 6.42. The van der Waals surface area contributed by atoms with Gasteiger partial charge in [-0.05, 0) is 305 Å². The van der Waals surface area contributed by atoms with E-state index in [1.54, 1.807) is 86.0 Å². The highest BCUT2D eigenvalue weighted by Crippen LogP contribution is 2.34. The van der Waals surface area contributed by atoms with E-state index in [9.17, 15) is 28.8 Å². The van der Waals surface area contributed by atoms with E-state index >= 15 is 0 Å². The van der Waals surface area contributed by atoms with Crippen LogP contribution in [-0.4, -0.2) is 90.4 Å². The van der Waals surface area contributed by atoms with Crippen LogP contribution in [-0.2, 0) is 0 Å². The number of hydrogen-bond donors (Lipinski definition) is 15. The minimum atomic E-state index is -0.409. The number of aryl methyl sites for hydroxylation is 4. The molecular formula is C106H106Cl6N20O6. The second kappa shape index (κ2) is 49.6. The number of benzene rings is 11. The molecule has 0 aromatic heterocycles. The van der Waals surface area contributed by atoms with Gasteiger partial charge < -0.3 is 79.8 Å². The molecule has 138 heavy (non-hydrogen) atoms. The molecule has 11 aromatic rings. The van der Waals surface area contributed by atoms with Crippen LogP contribution in [0.5, 0.6) is 0 Å². The van der Waals surface area contributed by atoms with Crippen molar-refractivity contribution >= 4 is 220 Å². The molecule has 5 heterocycles. The number of rotatable bonds is 19. The molecule has 26 nitrogen and oxygen atoms in total. The Morgan fingerprint density at radius 1 is 0.297 bits per heavy atom.